The van der Waals surface area contributed by atoms with Crippen molar-refractivity contribution in [1.29, 1.82) is 0 Å². The third-order valence-corrected chi connectivity index (χ3v) is 3.90. The van der Waals surface area contributed by atoms with Gasteiger partial charge in [-0.1, -0.05) is 24.6 Å². The Kier molecular flexibility index (Phi) is 4.59. The topological polar surface area (TPSA) is 32.3 Å². The second-order valence-electron chi connectivity index (χ2n) is 5.83. The van der Waals surface area contributed by atoms with Crippen molar-refractivity contribution in [3.05, 3.63) is 29.3 Å². The Bertz CT molecular complexity index is 448. The highest BCUT2D eigenvalue weighted by Crippen LogP contribution is 2.17. The lowest BCUT2D eigenvalue weighted by Gasteiger charge is -2.29. The minimum Gasteiger partial charge on any atom is -0.325 e. The number of aryl methyl sites for hydroxylation is 2. The van der Waals surface area contributed by atoms with Crippen LogP contribution in [-0.4, -0.2) is 30.4 Å². The Morgan fingerprint density at radius 1 is 1.32 bits per heavy atom. The number of nitrogens with zero attached hydrogens (tertiary/aromatic N) is 1. The predicted octanol–water partition coefficient (Wildman–Crippen LogP) is 2.97. The van der Waals surface area contributed by atoms with E-state index in [-0.39, 0.29) is 5.91 Å². The lowest BCUT2D eigenvalue weighted by atomic mass is 9.99. The van der Waals surface area contributed by atoms with Gasteiger partial charge < -0.3 is 5.32 Å². The molecule has 1 aliphatic rings. The number of hydrogen-bond acceptors (Lipinski definition) is 2. The van der Waals surface area contributed by atoms with Crippen molar-refractivity contribution in [1.82, 2.24) is 4.90 Å². The highest BCUT2D eigenvalue weighted by atomic mass is 16.2. The Morgan fingerprint density at radius 3 is 2.63 bits per heavy atom. The summed E-state index contributed by atoms with van der Waals surface area (Å²) >= 11 is 0. The minimum atomic E-state index is 0.0986. The van der Waals surface area contributed by atoms with E-state index in [1.54, 1.807) is 0 Å². The van der Waals surface area contributed by atoms with Crippen LogP contribution in [0, 0.1) is 19.8 Å². The molecular formula is C16H24N2O. The molecule has 19 heavy (non-hydrogen) atoms. The quantitative estimate of drug-likeness (QED) is 0.906. The van der Waals surface area contributed by atoms with Gasteiger partial charge in [0.15, 0.2) is 0 Å². The van der Waals surface area contributed by atoms with Gasteiger partial charge in [0.2, 0.25) is 5.91 Å². The van der Waals surface area contributed by atoms with Crippen LogP contribution in [0.2, 0.25) is 0 Å². The number of piperidine rings is 1. The van der Waals surface area contributed by atoms with Crippen LogP contribution in [-0.2, 0) is 4.79 Å². The lowest BCUT2D eigenvalue weighted by Crippen LogP contribution is -2.38. The van der Waals surface area contributed by atoms with Gasteiger partial charge in [-0.3, -0.25) is 9.69 Å². The summed E-state index contributed by atoms with van der Waals surface area (Å²) in [4.78, 5) is 14.3. The summed E-state index contributed by atoms with van der Waals surface area (Å²) in [7, 11) is 0. The van der Waals surface area contributed by atoms with Gasteiger partial charge in [0, 0.05) is 5.69 Å². The molecule has 1 N–H and O–H groups in total. The van der Waals surface area contributed by atoms with Crippen molar-refractivity contribution >= 4 is 11.6 Å². The maximum atomic E-state index is 12.0. The molecule has 0 radical (unpaired) electrons. The van der Waals surface area contributed by atoms with E-state index < -0.39 is 0 Å². The Hall–Kier alpha value is -1.35. The van der Waals surface area contributed by atoms with Crippen LogP contribution in [0.4, 0.5) is 5.69 Å². The van der Waals surface area contributed by atoms with Crippen LogP contribution in [0.1, 0.15) is 30.9 Å². The molecule has 0 atom stereocenters. The van der Waals surface area contributed by atoms with Gasteiger partial charge in [-0.2, -0.15) is 0 Å². The van der Waals surface area contributed by atoms with Crippen LogP contribution in [0.15, 0.2) is 18.2 Å². The molecule has 1 aliphatic heterocycles. The monoisotopic (exact) mass is 260 g/mol. The fraction of sp³-hybridized carbons (Fsp3) is 0.562. The molecule has 1 fully saturated rings. The summed E-state index contributed by atoms with van der Waals surface area (Å²) < 4.78 is 0. The molecule has 104 valence electrons. The molecule has 1 aromatic carbocycles. The predicted molar refractivity (Wildman–Crippen MR) is 79.4 cm³/mol. The maximum absolute atomic E-state index is 12.0. The number of benzene rings is 1. The van der Waals surface area contributed by atoms with Crippen molar-refractivity contribution in [2.24, 2.45) is 5.92 Å². The van der Waals surface area contributed by atoms with Gasteiger partial charge in [-0.25, -0.2) is 0 Å². The normalized spacial score (nSPS) is 17.4. The highest BCUT2D eigenvalue weighted by molar-refractivity contribution is 5.93. The molecule has 1 amide bonds. The van der Waals surface area contributed by atoms with E-state index in [0.29, 0.717) is 6.54 Å². The zero-order chi connectivity index (χ0) is 13.8. The van der Waals surface area contributed by atoms with Crippen molar-refractivity contribution < 1.29 is 4.79 Å². The van der Waals surface area contributed by atoms with Gasteiger partial charge in [0.05, 0.1) is 6.54 Å². The van der Waals surface area contributed by atoms with Crippen molar-refractivity contribution in [2.75, 3.05) is 25.0 Å². The van der Waals surface area contributed by atoms with Crippen LogP contribution < -0.4 is 5.32 Å². The molecule has 3 heteroatoms. The van der Waals surface area contributed by atoms with E-state index >= 15 is 0 Å². The molecule has 0 unspecified atom stereocenters. The second kappa shape index (κ2) is 6.20. The SMILES string of the molecule is Cc1ccc(NC(=O)CN2CCC(C)CC2)c(C)c1. The molecule has 1 aromatic rings. The van der Waals surface area contributed by atoms with E-state index in [9.17, 15) is 4.79 Å². The van der Waals surface area contributed by atoms with Crippen LogP contribution in [0.25, 0.3) is 0 Å². The second-order valence-corrected chi connectivity index (χ2v) is 5.83. The van der Waals surface area contributed by atoms with E-state index in [4.69, 9.17) is 0 Å². The maximum Gasteiger partial charge on any atom is 0.238 e. The molecule has 1 heterocycles. The molecule has 0 saturated carbocycles. The third kappa shape index (κ3) is 4.06. The number of carbonyl (C=O) groups excluding carboxylic acids is 1. The average Bonchev–Trinajstić information content (AvgIpc) is 2.36. The minimum absolute atomic E-state index is 0.0986. The Morgan fingerprint density at radius 2 is 2.00 bits per heavy atom. The smallest absolute Gasteiger partial charge is 0.238 e. The number of carbonyl (C=O) groups is 1. The summed E-state index contributed by atoms with van der Waals surface area (Å²) in [5.74, 6) is 0.903. The first kappa shape index (κ1) is 14.1. The lowest BCUT2D eigenvalue weighted by molar-refractivity contribution is -0.117. The van der Waals surface area contributed by atoms with Gasteiger partial charge in [0.1, 0.15) is 0 Å². The van der Waals surface area contributed by atoms with E-state index in [1.807, 2.05) is 19.1 Å². The highest BCUT2D eigenvalue weighted by Gasteiger charge is 2.18. The van der Waals surface area contributed by atoms with Crippen molar-refractivity contribution in [3.63, 3.8) is 0 Å². The van der Waals surface area contributed by atoms with E-state index in [0.717, 1.165) is 30.3 Å². The van der Waals surface area contributed by atoms with Gasteiger partial charge in [-0.05, 0) is 57.3 Å². The largest absolute Gasteiger partial charge is 0.325 e. The molecular weight excluding hydrogens is 236 g/mol. The molecule has 0 bridgehead atoms. The first-order valence-electron chi connectivity index (χ1n) is 7.14. The summed E-state index contributed by atoms with van der Waals surface area (Å²) in [6, 6.07) is 6.12. The summed E-state index contributed by atoms with van der Waals surface area (Å²) in [5.41, 5.74) is 3.28. The number of amides is 1. The van der Waals surface area contributed by atoms with Crippen LogP contribution >= 0.6 is 0 Å². The van der Waals surface area contributed by atoms with Gasteiger partial charge >= 0.3 is 0 Å². The Balaban J connectivity index is 1.87. The van der Waals surface area contributed by atoms with Crippen LogP contribution in [0.5, 0.6) is 0 Å². The number of nitrogens with one attached hydrogen (secondary N) is 1. The van der Waals surface area contributed by atoms with E-state index in [1.165, 1.54) is 18.4 Å². The number of likely N-dealkylation sites (tertiary alicyclic amines) is 1. The number of rotatable bonds is 3. The average molecular weight is 260 g/mol. The van der Waals surface area contributed by atoms with Gasteiger partial charge in [-0.15, -0.1) is 0 Å². The molecule has 0 spiro atoms. The zero-order valence-electron chi connectivity index (χ0n) is 12.2. The van der Waals surface area contributed by atoms with E-state index in [2.05, 4.69) is 30.1 Å². The summed E-state index contributed by atoms with van der Waals surface area (Å²) in [6.07, 6.45) is 2.41. The standard InChI is InChI=1S/C16H24N2O/c1-12-6-8-18(9-7-12)11-16(19)17-15-5-4-13(2)10-14(15)3/h4-5,10,12H,6-9,11H2,1-3H3,(H,17,19). The van der Waals surface area contributed by atoms with Crippen molar-refractivity contribution in [3.8, 4) is 0 Å². The fourth-order valence-electron chi connectivity index (χ4n) is 2.57. The summed E-state index contributed by atoms with van der Waals surface area (Å²) in [6.45, 7) is 8.98. The molecule has 0 aliphatic carbocycles. The third-order valence-electron chi connectivity index (χ3n) is 3.90. The molecule has 3 nitrogen and oxygen atoms in total. The number of anilines is 1. The molecule has 0 aromatic heterocycles. The fourth-order valence-corrected chi connectivity index (χ4v) is 2.57. The van der Waals surface area contributed by atoms with Gasteiger partial charge in [0.25, 0.3) is 0 Å². The number of hydrogen-bond donors (Lipinski definition) is 1. The first-order chi connectivity index (χ1) is 9.04. The van der Waals surface area contributed by atoms with Crippen molar-refractivity contribution in [2.45, 2.75) is 33.6 Å². The molecule has 2 rings (SSSR count). The Labute approximate surface area is 116 Å². The molecule has 1 saturated heterocycles. The van der Waals surface area contributed by atoms with Crippen LogP contribution in [0.3, 0.4) is 0 Å². The summed E-state index contributed by atoms with van der Waals surface area (Å²) in [5, 5.41) is 3.02. The first-order valence-corrected chi connectivity index (χ1v) is 7.14. The zero-order valence-corrected chi connectivity index (χ0v) is 12.2.